The molecular formula is C16H21N3OS. The van der Waals surface area contributed by atoms with E-state index in [1.54, 1.807) is 11.3 Å². The topological polar surface area (TPSA) is 54.0 Å². The molecule has 0 bridgehead atoms. The van der Waals surface area contributed by atoms with Gasteiger partial charge in [0.1, 0.15) is 5.01 Å². The van der Waals surface area contributed by atoms with Gasteiger partial charge in [-0.05, 0) is 20.9 Å². The Hall–Kier alpha value is -1.72. The molecule has 1 aromatic carbocycles. The van der Waals surface area contributed by atoms with Crippen molar-refractivity contribution in [1.82, 2.24) is 15.6 Å². The molecule has 112 valence electrons. The van der Waals surface area contributed by atoms with Gasteiger partial charge in [-0.15, -0.1) is 11.3 Å². The zero-order chi connectivity index (χ0) is 15.2. The van der Waals surface area contributed by atoms with Crippen LogP contribution in [0.4, 0.5) is 0 Å². The fourth-order valence-corrected chi connectivity index (χ4v) is 2.64. The van der Waals surface area contributed by atoms with Gasteiger partial charge in [-0.2, -0.15) is 0 Å². The molecule has 1 atom stereocenters. The van der Waals surface area contributed by atoms with Gasteiger partial charge in [0.25, 0.3) is 0 Å². The maximum Gasteiger partial charge on any atom is 0.226 e. The molecule has 0 aliphatic rings. The van der Waals surface area contributed by atoms with Gasteiger partial charge in [-0.1, -0.05) is 29.8 Å². The summed E-state index contributed by atoms with van der Waals surface area (Å²) in [7, 11) is 1.88. The van der Waals surface area contributed by atoms with Gasteiger partial charge in [0, 0.05) is 23.5 Å². The average Bonchev–Trinajstić information content (AvgIpc) is 2.94. The van der Waals surface area contributed by atoms with E-state index in [-0.39, 0.29) is 11.9 Å². The van der Waals surface area contributed by atoms with E-state index in [0.29, 0.717) is 13.0 Å². The van der Waals surface area contributed by atoms with E-state index < -0.39 is 0 Å². The second-order valence-corrected chi connectivity index (χ2v) is 6.04. The minimum Gasteiger partial charge on any atom is -0.354 e. The Balaban J connectivity index is 1.94. The van der Waals surface area contributed by atoms with Crippen molar-refractivity contribution in [2.75, 3.05) is 13.6 Å². The second-order valence-electron chi connectivity index (χ2n) is 5.18. The first kappa shape index (κ1) is 15.7. The van der Waals surface area contributed by atoms with Crippen molar-refractivity contribution in [2.24, 2.45) is 0 Å². The Morgan fingerprint density at radius 3 is 2.71 bits per heavy atom. The van der Waals surface area contributed by atoms with Crippen LogP contribution in [0.25, 0.3) is 10.6 Å². The predicted molar refractivity (Wildman–Crippen MR) is 87.5 cm³/mol. The number of thiazole rings is 1. The lowest BCUT2D eigenvalue weighted by Crippen LogP contribution is -2.37. The molecule has 4 nitrogen and oxygen atoms in total. The lowest BCUT2D eigenvalue weighted by Gasteiger charge is -2.10. The SMILES string of the molecule is CNC(C)CNC(=O)Cc1csc(-c2ccc(C)cc2)n1. The highest BCUT2D eigenvalue weighted by atomic mass is 32.1. The van der Waals surface area contributed by atoms with Crippen LogP contribution in [0.2, 0.25) is 0 Å². The van der Waals surface area contributed by atoms with Gasteiger partial charge in [-0.25, -0.2) is 4.98 Å². The Labute approximate surface area is 129 Å². The summed E-state index contributed by atoms with van der Waals surface area (Å²) in [5.74, 6) is 0.0119. The fourth-order valence-electron chi connectivity index (χ4n) is 1.81. The van der Waals surface area contributed by atoms with Crippen molar-refractivity contribution in [3.05, 3.63) is 40.9 Å². The summed E-state index contributed by atoms with van der Waals surface area (Å²) in [6, 6.07) is 8.54. The van der Waals surface area contributed by atoms with Crippen molar-refractivity contribution in [2.45, 2.75) is 26.3 Å². The van der Waals surface area contributed by atoms with Crippen molar-refractivity contribution < 1.29 is 4.79 Å². The van der Waals surface area contributed by atoms with Crippen molar-refractivity contribution in [1.29, 1.82) is 0 Å². The van der Waals surface area contributed by atoms with E-state index in [0.717, 1.165) is 16.3 Å². The predicted octanol–water partition coefficient (Wildman–Crippen LogP) is 2.39. The van der Waals surface area contributed by atoms with Crippen LogP contribution in [0.15, 0.2) is 29.6 Å². The summed E-state index contributed by atoms with van der Waals surface area (Å²) in [4.78, 5) is 16.4. The summed E-state index contributed by atoms with van der Waals surface area (Å²) in [6.45, 7) is 4.72. The number of carbonyl (C=O) groups excluding carboxylic acids is 1. The van der Waals surface area contributed by atoms with Crippen LogP contribution in [0, 0.1) is 6.92 Å². The Morgan fingerprint density at radius 1 is 1.33 bits per heavy atom. The molecule has 0 radical (unpaired) electrons. The van der Waals surface area contributed by atoms with Crippen LogP contribution in [0.5, 0.6) is 0 Å². The molecule has 1 heterocycles. The standard InChI is InChI=1S/C16H21N3OS/c1-11-4-6-13(7-5-11)16-19-14(10-21-16)8-15(20)18-9-12(2)17-3/h4-7,10,12,17H,8-9H2,1-3H3,(H,18,20). The number of rotatable bonds is 6. The molecule has 1 unspecified atom stereocenters. The zero-order valence-corrected chi connectivity index (χ0v) is 13.5. The number of likely N-dealkylation sites (N-methyl/N-ethyl adjacent to an activating group) is 1. The first-order valence-corrected chi connectivity index (χ1v) is 7.92. The number of nitrogens with zero attached hydrogens (tertiary/aromatic N) is 1. The maximum absolute atomic E-state index is 11.8. The molecule has 0 aliphatic carbocycles. The highest BCUT2D eigenvalue weighted by Gasteiger charge is 2.09. The van der Waals surface area contributed by atoms with E-state index in [1.807, 2.05) is 19.4 Å². The number of hydrogen-bond donors (Lipinski definition) is 2. The molecule has 5 heteroatoms. The number of aryl methyl sites for hydroxylation is 1. The van der Waals surface area contributed by atoms with E-state index in [1.165, 1.54) is 5.56 Å². The molecular weight excluding hydrogens is 282 g/mol. The third-order valence-corrected chi connectivity index (χ3v) is 4.23. The minimum atomic E-state index is 0.0119. The zero-order valence-electron chi connectivity index (χ0n) is 12.6. The summed E-state index contributed by atoms with van der Waals surface area (Å²) in [6.07, 6.45) is 0.332. The van der Waals surface area contributed by atoms with Crippen LogP contribution < -0.4 is 10.6 Å². The van der Waals surface area contributed by atoms with Gasteiger partial charge < -0.3 is 10.6 Å². The molecule has 2 rings (SSSR count). The summed E-state index contributed by atoms with van der Waals surface area (Å²) < 4.78 is 0. The van der Waals surface area contributed by atoms with E-state index in [4.69, 9.17) is 0 Å². The largest absolute Gasteiger partial charge is 0.354 e. The van der Waals surface area contributed by atoms with Crippen molar-refractivity contribution in [3.8, 4) is 10.6 Å². The highest BCUT2D eigenvalue weighted by molar-refractivity contribution is 7.13. The Kier molecular flexibility index (Phi) is 5.47. The number of hydrogen-bond acceptors (Lipinski definition) is 4. The first-order valence-electron chi connectivity index (χ1n) is 7.04. The van der Waals surface area contributed by atoms with Gasteiger partial charge >= 0.3 is 0 Å². The van der Waals surface area contributed by atoms with E-state index in [9.17, 15) is 4.79 Å². The molecule has 21 heavy (non-hydrogen) atoms. The van der Waals surface area contributed by atoms with Gasteiger partial charge in [0.15, 0.2) is 0 Å². The maximum atomic E-state index is 11.8. The number of carbonyl (C=O) groups is 1. The fraction of sp³-hybridized carbons (Fsp3) is 0.375. The van der Waals surface area contributed by atoms with Crippen LogP contribution >= 0.6 is 11.3 Å². The highest BCUT2D eigenvalue weighted by Crippen LogP contribution is 2.24. The lowest BCUT2D eigenvalue weighted by molar-refractivity contribution is -0.120. The quantitative estimate of drug-likeness (QED) is 0.861. The number of aromatic nitrogens is 1. The molecule has 0 saturated heterocycles. The van der Waals surface area contributed by atoms with Gasteiger partial charge in [0.05, 0.1) is 12.1 Å². The van der Waals surface area contributed by atoms with E-state index in [2.05, 4.69) is 46.8 Å². The van der Waals surface area contributed by atoms with Gasteiger partial charge in [-0.3, -0.25) is 4.79 Å². The summed E-state index contributed by atoms with van der Waals surface area (Å²) in [5.41, 5.74) is 3.15. The number of amides is 1. The molecule has 0 aliphatic heterocycles. The molecule has 1 aromatic heterocycles. The second kappa shape index (κ2) is 7.33. The normalized spacial score (nSPS) is 12.1. The lowest BCUT2D eigenvalue weighted by atomic mass is 10.2. The third kappa shape index (κ3) is 4.65. The number of benzene rings is 1. The van der Waals surface area contributed by atoms with Crippen LogP contribution in [-0.2, 0) is 11.2 Å². The molecule has 2 N–H and O–H groups in total. The van der Waals surface area contributed by atoms with Gasteiger partial charge in [0.2, 0.25) is 5.91 Å². The summed E-state index contributed by atoms with van der Waals surface area (Å²) in [5, 5.41) is 8.90. The molecule has 0 saturated carbocycles. The average molecular weight is 303 g/mol. The van der Waals surface area contributed by atoms with Crippen LogP contribution in [-0.4, -0.2) is 30.5 Å². The third-order valence-electron chi connectivity index (χ3n) is 3.29. The Bertz CT molecular complexity index is 592. The van der Waals surface area contributed by atoms with Crippen LogP contribution in [0.1, 0.15) is 18.2 Å². The van der Waals surface area contributed by atoms with E-state index >= 15 is 0 Å². The molecule has 0 fully saturated rings. The van der Waals surface area contributed by atoms with Crippen LogP contribution in [0.3, 0.4) is 0 Å². The smallest absolute Gasteiger partial charge is 0.226 e. The Morgan fingerprint density at radius 2 is 2.05 bits per heavy atom. The van der Waals surface area contributed by atoms with Crippen molar-refractivity contribution >= 4 is 17.2 Å². The minimum absolute atomic E-state index is 0.0119. The summed E-state index contributed by atoms with van der Waals surface area (Å²) >= 11 is 1.58. The number of nitrogens with one attached hydrogen (secondary N) is 2. The molecule has 1 amide bonds. The monoisotopic (exact) mass is 303 g/mol. The molecule has 2 aromatic rings. The first-order chi connectivity index (χ1) is 10.1. The molecule has 0 spiro atoms. The van der Waals surface area contributed by atoms with Crippen molar-refractivity contribution in [3.63, 3.8) is 0 Å².